The molecule has 1 amide bonds. The second-order valence-corrected chi connectivity index (χ2v) is 18.6. The van der Waals surface area contributed by atoms with E-state index in [-0.39, 0.29) is 46.9 Å². The summed E-state index contributed by atoms with van der Waals surface area (Å²) in [4.78, 5) is 12.6. The zero-order chi connectivity index (χ0) is 31.2. The molecular formula is C31H44F3NO5Si. The molecule has 1 aliphatic heterocycles. The van der Waals surface area contributed by atoms with Crippen LogP contribution in [-0.2, 0) is 25.1 Å². The molecule has 0 spiro atoms. The summed E-state index contributed by atoms with van der Waals surface area (Å²) in [6.45, 7) is 18.5. The first-order valence-electron chi connectivity index (χ1n) is 13.9. The number of hydrogen-bond acceptors (Lipinski definition) is 5. The summed E-state index contributed by atoms with van der Waals surface area (Å²) in [6, 6.07) is 6.25. The van der Waals surface area contributed by atoms with Crippen molar-refractivity contribution >= 4 is 14.4 Å². The van der Waals surface area contributed by atoms with E-state index in [0.717, 1.165) is 12.1 Å². The van der Waals surface area contributed by atoms with Crippen molar-refractivity contribution < 1.29 is 37.0 Å². The van der Waals surface area contributed by atoms with Gasteiger partial charge in [-0.1, -0.05) is 32.9 Å². The van der Waals surface area contributed by atoms with Crippen molar-refractivity contribution in [2.45, 2.75) is 103 Å². The Morgan fingerprint density at radius 2 is 1.63 bits per heavy atom. The SMILES string of the molecule is CC(C)(C)OC(=O)NC[C@]1(c2cc(C(C)(C)O[Si](C)(C)C(C)(C)C)c(F)c(-c3ccc(F)cc3)c2F)C[C@H](O)CO1. The average Bonchev–Trinajstić information content (AvgIpc) is 3.18. The number of hydrogen-bond donors (Lipinski definition) is 2. The van der Waals surface area contributed by atoms with E-state index in [4.69, 9.17) is 13.9 Å². The van der Waals surface area contributed by atoms with E-state index in [1.807, 2.05) is 13.1 Å². The van der Waals surface area contributed by atoms with Gasteiger partial charge in [-0.15, -0.1) is 0 Å². The number of ether oxygens (including phenoxy) is 2. The third-order valence-electron chi connectivity index (χ3n) is 7.82. The highest BCUT2D eigenvalue weighted by Crippen LogP contribution is 2.47. The molecule has 2 aromatic rings. The fraction of sp³-hybridized carbons (Fsp3) is 0.581. The second kappa shape index (κ2) is 11.4. The molecule has 0 radical (unpaired) electrons. The van der Waals surface area contributed by atoms with Crippen LogP contribution in [0.15, 0.2) is 30.3 Å². The van der Waals surface area contributed by atoms with Crippen LogP contribution in [-0.4, -0.2) is 44.4 Å². The van der Waals surface area contributed by atoms with Gasteiger partial charge in [0.15, 0.2) is 8.32 Å². The molecule has 2 N–H and O–H groups in total. The van der Waals surface area contributed by atoms with E-state index in [9.17, 15) is 14.3 Å². The van der Waals surface area contributed by atoms with Crippen LogP contribution in [0, 0.1) is 17.5 Å². The zero-order valence-corrected chi connectivity index (χ0v) is 26.8. The number of amides is 1. The van der Waals surface area contributed by atoms with Crippen molar-refractivity contribution in [3.8, 4) is 11.1 Å². The van der Waals surface area contributed by atoms with Gasteiger partial charge in [0.1, 0.15) is 28.7 Å². The highest BCUT2D eigenvalue weighted by Gasteiger charge is 2.48. The van der Waals surface area contributed by atoms with Crippen molar-refractivity contribution in [3.63, 3.8) is 0 Å². The number of alkyl carbamates (subject to hydrolysis) is 1. The van der Waals surface area contributed by atoms with E-state index >= 15 is 8.78 Å². The molecule has 6 nitrogen and oxygen atoms in total. The molecule has 0 bridgehead atoms. The number of carbonyl (C=O) groups excluding carboxylic acids is 1. The van der Waals surface area contributed by atoms with Crippen LogP contribution in [0.5, 0.6) is 0 Å². The minimum Gasteiger partial charge on any atom is -0.444 e. The third-order valence-corrected chi connectivity index (χ3v) is 12.5. The molecule has 1 fully saturated rings. The Morgan fingerprint density at radius 3 is 2.12 bits per heavy atom. The van der Waals surface area contributed by atoms with E-state index in [0.29, 0.717) is 0 Å². The lowest BCUT2D eigenvalue weighted by atomic mass is 9.82. The molecule has 2 atom stereocenters. The molecule has 0 unspecified atom stereocenters. The molecule has 41 heavy (non-hydrogen) atoms. The van der Waals surface area contributed by atoms with E-state index < -0.39 is 54.8 Å². The Kier molecular flexibility index (Phi) is 9.17. The first-order chi connectivity index (χ1) is 18.6. The predicted molar refractivity (Wildman–Crippen MR) is 156 cm³/mol. The molecule has 1 saturated heterocycles. The van der Waals surface area contributed by atoms with Gasteiger partial charge in [-0.3, -0.25) is 0 Å². The van der Waals surface area contributed by atoms with E-state index in [1.165, 1.54) is 18.2 Å². The van der Waals surface area contributed by atoms with Crippen LogP contribution in [0.2, 0.25) is 18.1 Å². The number of aliphatic hydroxyl groups excluding tert-OH is 1. The van der Waals surface area contributed by atoms with Crippen LogP contribution in [0.3, 0.4) is 0 Å². The first-order valence-corrected chi connectivity index (χ1v) is 16.8. The fourth-order valence-corrected chi connectivity index (χ4v) is 6.50. The maximum Gasteiger partial charge on any atom is 0.407 e. The summed E-state index contributed by atoms with van der Waals surface area (Å²) in [5, 5.41) is 12.9. The van der Waals surface area contributed by atoms with Gasteiger partial charge in [-0.05, 0) is 76.5 Å². The van der Waals surface area contributed by atoms with Gasteiger partial charge in [-0.25, -0.2) is 18.0 Å². The minimum atomic E-state index is -2.45. The summed E-state index contributed by atoms with van der Waals surface area (Å²) in [5.41, 5.74) is -3.73. The van der Waals surface area contributed by atoms with Crippen LogP contribution in [0.25, 0.3) is 11.1 Å². The lowest BCUT2D eigenvalue weighted by molar-refractivity contribution is -0.00935. The van der Waals surface area contributed by atoms with Crippen molar-refractivity contribution in [2.75, 3.05) is 13.2 Å². The molecule has 1 heterocycles. The summed E-state index contributed by atoms with van der Waals surface area (Å²) >= 11 is 0. The molecule has 0 aliphatic carbocycles. The van der Waals surface area contributed by atoms with Crippen molar-refractivity contribution in [3.05, 3.63) is 58.9 Å². The van der Waals surface area contributed by atoms with Crippen LogP contribution in [0.1, 0.15) is 72.9 Å². The van der Waals surface area contributed by atoms with Gasteiger partial charge in [0, 0.05) is 17.5 Å². The van der Waals surface area contributed by atoms with Crippen LogP contribution in [0.4, 0.5) is 18.0 Å². The number of benzene rings is 2. The molecule has 1 aliphatic rings. The number of rotatable bonds is 7. The van der Waals surface area contributed by atoms with Crippen molar-refractivity contribution in [1.82, 2.24) is 5.32 Å². The maximum absolute atomic E-state index is 16.6. The van der Waals surface area contributed by atoms with Gasteiger partial charge in [0.05, 0.1) is 30.4 Å². The quantitative estimate of drug-likeness (QED) is 0.324. The Morgan fingerprint density at radius 1 is 1.05 bits per heavy atom. The molecular weight excluding hydrogens is 551 g/mol. The van der Waals surface area contributed by atoms with Gasteiger partial charge >= 0.3 is 6.09 Å². The highest BCUT2D eigenvalue weighted by atomic mass is 28.4. The third kappa shape index (κ3) is 7.33. The van der Waals surface area contributed by atoms with Gasteiger partial charge in [-0.2, -0.15) is 0 Å². The van der Waals surface area contributed by atoms with Gasteiger partial charge in [0.2, 0.25) is 0 Å². The summed E-state index contributed by atoms with van der Waals surface area (Å²) in [5.74, 6) is -2.32. The summed E-state index contributed by atoms with van der Waals surface area (Å²) < 4.78 is 64.8. The molecule has 10 heteroatoms. The average molecular weight is 596 g/mol. The molecule has 3 rings (SSSR count). The Balaban J connectivity index is 2.25. The zero-order valence-electron chi connectivity index (χ0n) is 25.8. The van der Waals surface area contributed by atoms with Crippen molar-refractivity contribution in [2.24, 2.45) is 0 Å². The largest absolute Gasteiger partial charge is 0.444 e. The molecule has 228 valence electrons. The monoisotopic (exact) mass is 595 g/mol. The summed E-state index contributed by atoms with van der Waals surface area (Å²) in [6.07, 6.45) is -1.75. The van der Waals surface area contributed by atoms with E-state index in [1.54, 1.807) is 34.6 Å². The predicted octanol–water partition coefficient (Wildman–Crippen LogP) is 7.53. The Bertz CT molecular complexity index is 1270. The van der Waals surface area contributed by atoms with Gasteiger partial charge < -0.3 is 24.3 Å². The van der Waals surface area contributed by atoms with Crippen LogP contribution < -0.4 is 5.32 Å². The van der Waals surface area contributed by atoms with Crippen LogP contribution >= 0.6 is 0 Å². The standard InChI is InChI=1S/C31H44F3NO5Si/c1-28(2,3)39-27(37)35-18-31(16-21(36)17-38-31)23-15-22(30(7,8)40-41(9,10)29(4,5)6)25(33)24(26(23)34)19-11-13-20(32)14-12-19/h11-15,21,36H,16-18H2,1-10H3,(H,35,37)/t21-,31-/m0/s1. The fourth-order valence-electron chi connectivity index (χ4n) is 4.81. The maximum atomic E-state index is 16.6. The Labute approximate surface area is 242 Å². The number of nitrogens with one attached hydrogen (secondary N) is 1. The van der Waals surface area contributed by atoms with E-state index in [2.05, 4.69) is 26.1 Å². The second-order valence-electron chi connectivity index (χ2n) is 13.9. The lowest BCUT2D eigenvalue weighted by Crippen LogP contribution is -2.47. The minimum absolute atomic E-state index is 0.0484. The molecule has 0 aromatic heterocycles. The number of halogens is 3. The number of carbonyl (C=O) groups is 1. The Hall–Kier alpha value is -2.40. The topological polar surface area (TPSA) is 77.0 Å². The smallest absolute Gasteiger partial charge is 0.407 e. The summed E-state index contributed by atoms with van der Waals surface area (Å²) in [7, 11) is -2.45. The van der Waals surface area contributed by atoms with Crippen molar-refractivity contribution in [1.29, 1.82) is 0 Å². The highest BCUT2D eigenvalue weighted by molar-refractivity contribution is 6.74. The molecule has 0 saturated carbocycles. The lowest BCUT2D eigenvalue weighted by Gasteiger charge is -2.43. The molecule has 2 aromatic carbocycles. The first kappa shape index (κ1) is 33.1. The van der Waals surface area contributed by atoms with Gasteiger partial charge in [0.25, 0.3) is 0 Å². The normalized spacial score (nSPS) is 20.3. The number of aliphatic hydroxyl groups is 1.